The first-order valence-corrected chi connectivity index (χ1v) is 13.1. The molecule has 0 bridgehead atoms. The molecule has 2 rings (SSSR count). The number of unbranched alkanes of at least 4 members (excludes halogenated alkanes) is 9. The van der Waals surface area contributed by atoms with E-state index in [1.807, 2.05) is 24.3 Å². The molecular formula is C28H42N2O5. The average molecular weight is 487 g/mol. The summed E-state index contributed by atoms with van der Waals surface area (Å²) in [5, 5.41) is 2.74. The molecule has 1 N–H and O–H groups in total. The standard InChI is InChI=1S/C28H42N2O5/c1-3-4-5-6-7-8-9-10-11-12-21-35-27(32)22-25-28(33)29-19-20-30(25)26(31)18-15-23-13-16-24(34-2)17-14-23/h13-18,25H,3-12,19-22H2,1-2H3,(H,29,33)/b18-15+. The second-order valence-corrected chi connectivity index (χ2v) is 9.05. The van der Waals surface area contributed by atoms with E-state index in [0.29, 0.717) is 19.7 Å². The Balaban J connectivity index is 1.70. The zero-order chi connectivity index (χ0) is 25.3. The van der Waals surface area contributed by atoms with Crippen molar-refractivity contribution in [3.8, 4) is 5.75 Å². The van der Waals surface area contributed by atoms with Crippen molar-refractivity contribution in [3.05, 3.63) is 35.9 Å². The summed E-state index contributed by atoms with van der Waals surface area (Å²) in [5.74, 6) is -0.334. The molecule has 1 aliphatic heterocycles. The summed E-state index contributed by atoms with van der Waals surface area (Å²) in [7, 11) is 1.60. The lowest BCUT2D eigenvalue weighted by atomic mass is 10.1. The highest BCUT2D eigenvalue weighted by Crippen LogP contribution is 2.15. The minimum absolute atomic E-state index is 0.133. The molecule has 1 aliphatic rings. The third-order valence-corrected chi connectivity index (χ3v) is 6.27. The number of carbonyl (C=O) groups is 3. The molecule has 194 valence electrons. The number of nitrogens with zero attached hydrogens (tertiary/aromatic N) is 1. The fourth-order valence-corrected chi connectivity index (χ4v) is 4.15. The Bertz CT molecular complexity index is 806. The molecule has 1 aromatic rings. The van der Waals surface area contributed by atoms with Crippen molar-refractivity contribution in [1.29, 1.82) is 0 Å². The van der Waals surface area contributed by atoms with E-state index in [1.54, 1.807) is 13.2 Å². The number of hydrogen-bond acceptors (Lipinski definition) is 5. The Morgan fingerprint density at radius 1 is 1.00 bits per heavy atom. The smallest absolute Gasteiger partial charge is 0.308 e. The molecule has 0 aromatic heterocycles. The summed E-state index contributed by atoms with van der Waals surface area (Å²) >= 11 is 0. The van der Waals surface area contributed by atoms with Crippen LogP contribution in [0.5, 0.6) is 5.75 Å². The Labute approximate surface area is 210 Å². The molecule has 1 heterocycles. The van der Waals surface area contributed by atoms with Crippen LogP contribution in [0, 0.1) is 0 Å². The van der Waals surface area contributed by atoms with Gasteiger partial charge in [-0.25, -0.2) is 0 Å². The van der Waals surface area contributed by atoms with Gasteiger partial charge in [-0.2, -0.15) is 0 Å². The second-order valence-electron chi connectivity index (χ2n) is 9.05. The van der Waals surface area contributed by atoms with Crippen LogP contribution in [0.1, 0.15) is 83.1 Å². The maximum absolute atomic E-state index is 12.8. The first kappa shape index (κ1) is 28.4. The van der Waals surface area contributed by atoms with Gasteiger partial charge in [0, 0.05) is 19.2 Å². The molecule has 1 atom stereocenters. The first-order chi connectivity index (χ1) is 17.0. The summed E-state index contributed by atoms with van der Waals surface area (Å²) in [4.78, 5) is 39.0. The number of rotatable bonds is 16. The van der Waals surface area contributed by atoms with Gasteiger partial charge in [-0.15, -0.1) is 0 Å². The molecule has 2 amide bonds. The van der Waals surface area contributed by atoms with Crippen LogP contribution in [0.4, 0.5) is 0 Å². The summed E-state index contributed by atoms with van der Waals surface area (Å²) in [6, 6.07) is 6.46. The van der Waals surface area contributed by atoms with Crippen LogP contribution in [0.25, 0.3) is 6.08 Å². The van der Waals surface area contributed by atoms with Gasteiger partial charge in [0.2, 0.25) is 11.8 Å². The van der Waals surface area contributed by atoms with E-state index in [1.165, 1.54) is 55.9 Å². The van der Waals surface area contributed by atoms with E-state index < -0.39 is 12.0 Å². The first-order valence-electron chi connectivity index (χ1n) is 13.1. The molecule has 7 heteroatoms. The monoisotopic (exact) mass is 486 g/mol. The summed E-state index contributed by atoms with van der Waals surface area (Å²) in [6.45, 7) is 3.31. The van der Waals surface area contributed by atoms with Crippen molar-refractivity contribution in [2.45, 2.75) is 83.6 Å². The lowest BCUT2D eigenvalue weighted by molar-refractivity contribution is -0.150. The third kappa shape index (κ3) is 11.0. The number of nitrogens with one attached hydrogen (secondary N) is 1. The Hall–Kier alpha value is -2.83. The van der Waals surface area contributed by atoms with E-state index in [2.05, 4.69) is 12.2 Å². The Kier molecular flexibility index (Phi) is 13.6. The van der Waals surface area contributed by atoms with Crippen LogP contribution < -0.4 is 10.1 Å². The van der Waals surface area contributed by atoms with Crippen molar-refractivity contribution in [2.24, 2.45) is 0 Å². The van der Waals surface area contributed by atoms with Gasteiger partial charge < -0.3 is 19.7 Å². The quantitative estimate of drug-likeness (QED) is 0.204. The van der Waals surface area contributed by atoms with E-state index in [9.17, 15) is 14.4 Å². The zero-order valence-electron chi connectivity index (χ0n) is 21.4. The molecule has 0 radical (unpaired) electrons. The van der Waals surface area contributed by atoms with Crippen molar-refractivity contribution >= 4 is 23.9 Å². The van der Waals surface area contributed by atoms with Gasteiger partial charge in [0.1, 0.15) is 11.8 Å². The maximum Gasteiger partial charge on any atom is 0.308 e. The van der Waals surface area contributed by atoms with Gasteiger partial charge in [-0.3, -0.25) is 14.4 Å². The van der Waals surface area contributed by atoms with Gasteiger partial charge in [-0.05, 0) is 30.2 Å². The zero-order valence-corrected chi connectivity index (χ0v) is 21.4. The molecule has 1 aromatic carbocycles. The lowest BCUT2D eigenvalue weighted by Crippen LogP contribution is -2.57. The van der Waals surface area contributed by atoms with Crippen LogP contribution in [0.2, 0.25) is 0 Å². The van der Waals surface area contributed by atoms with E-state index in [0.717, 1.165) is 30.6 Å². The fourth-order valence-electron chi connectivity index (χ4n) is 4.15. The maximum atomic E-state index is 12.8. The molecule has 0 spiro atoms. The normalized spacial score (nSPS) is 15.8. The van der Waals surface area contributed by atoms with Crippen LogP contribution in [0.3, 0.4) is 0 Å². The predicted molar refractivity (Wildman–Crippen MR) is 138 cm³/mol. The van der Waals surface area contributed by atoms with Crippen molar-refractivity contribution in [3.63, 3.8) is 0 Å². The highest BCUT2D eigenvalue weighted by atomic mass is 16.5. The number of piperazine rings is 1. The largest absolute Gasteiger partial charge is 0.497 e. The summed E-state index contributed by atoms with van der Waals surface area (Å²) in [6.07, 6.45) is 15.1. The van der Waals surface area contributed by atoms with E-state index >= 15 is 0 Å². The van der Waals surface area contributed by atoms with Gasteiger partial charge in [0.05, 0.1) is 20.1 Å². The highest BCUT2D eigenvalue weighted by molar-refractivity contribution is 5.97. The van der Waals surface area contributed by atoms with Gasteiger partial charge in [-0.1, -0.05) is 76.8 Å². The van der Waals surface area contributed by atoms with E-state index in [4.69, 9.17) is 9.47 Å². The van der Waals surface area contributed by atoms with Gasteiger partial charge >= 0.3 is 5.97 Å². The topological polar surface area (TPSA) is 84.9 Å². The molecule has 1 fully saturated rings. The summed E-state index contributed by atoms with van der Waals surface area (Å²) in [5.41, 5.74) is 0.841. The van der Waals surface area contributed by atoms with Crippen molar-refractivity contribution in [2.75, 3.05) is 26.8 Å². The van der Waals surface area contributed by atoms with Crippen molar-refractivity contribution < 1.29 is 23.9 Å². The lowest BCUT2D eigenvalue weighted by Gasteiger charge is -2.33. The summed E-state index contributed by atoms with van der Waals surface area (Å²) < 4.78 is 10.5. The predicted octanol–water partition coefficient (Wildman–Crippen LogP) is 4.89. The molecule has 7 nitrogen and oxygen atoms in total. The second kappa shape index (κ2) is 16.7. The van der Waals surface area contributed by atoms with Crippen LogP contribution in [0.15, 0.2) is 30.3 Å². The van der Waals surface area contributed by atoms with Crippen LogP contribution in [-0.4, -0.2) is 55.5 Å². The molecule has 1 unspecified atom stereocenters. The molecule has 35 heavy (non-hydrogen) atoms. The van der Waals surface area contributed by atoms with Crippen molar-refractivity contribution in [1.82, 2.24) is 10.2 Å². The number of benzene rings is 1. The molecule has 0 saturated carbocycles. The van der Waals surface area contributed by atoms with Gasteiger partial charge in [0.25, 0.3) is 0 Å². The van der Waals surface area contributed by atoms with E-state index in [-0.39, 0.29) is 18.2 Å². The minimum atomic E-state index is -0.850. The number of amides is 2. The number of hydrogen-bond donors (Lipinski definition) is 1. The molecule has 0 aliphatic carbocycles. The fraction of sp³-hybridized carbons (Fsp3) is 0.607. The van der Waals surface area contributed by atoms with Crippen LogP contribution in [-0.2, 0) is 19.1 Å². The van der Waals surface area contributed by atoms with Crippen LogP contribution >= 0.6 is 0 Å². The number of esters is 1. The Morgan fingerprint density at radius 2 is 1.63 bits per heavy atom. The molecular weight excluding hydrogens is 444 g/mol. The SMILES string of the molecule is CCCCCCCCCCCCOC(=O)CC1C(=O)NCCN1C(=O)/C=C/c1ccc(OC)cc1. The number of methoxy groups -OCH3 is 1. The highest BCUT2D eigenvalue weighted by Gasteiger charge is 2.34. The average Bonchev–Trinajstić information content (AvgIpc) is 2.87. The third-order valence-electron chi connectivity index (χ3n) is 6.27. The Morgan fingerprint density at radius 3 is 2.26 bits per heavy atom. The number of ether oxygens (including phenoxy) is 2. The minimum Gasteiger partial charge on any atom is -0.497 e. The number of carbonyl (C=O) groups excluding carboxylic acids is 3. The van der Waals surface area contributed by atoms with Gasteiger partial charge in [0.15, 0.2) is 0 Å². The molecule has 1 saturated heterocycles.